The van der Waals surface area contributed by atoms with Crippen molar-refractivity contribution in [3.05, 3.63) is 58.7 Å². The molecule has 1 atom stereocenters. The number of anilines is 1. The van der Waals surface area contributed by atoms with Crippen molar-refractivity contribution in [3.8, 4) is 0 Å². The van der Waals surface area contributed by atoms with Crippen LogP contribution < -0.4 is 5.32 Å². The van der Waals surface area contributed by atoms with Crippen molar-refractivity contribution in [3.63, 3.8) is 0 Å². The highest BCUT2D eigenvalue weighted by Gasteiger charge is 2.22. The summed E-state index contributed by atoms with van der Waals surface area (Å²) in [4.78, 5) is 4.21. The molecule has 3 nitrogen and oxygen atoms in total. The fourth-order valence-electron chi connectivity index (χ4n) is 1.64. The van der Waals surface area contributed by atoms with Gasteiger partial charge in [-0.25, -0.2) is 4.98 Å². The van der Waals surface area contributed by atoms with Gasteiger partial charge in [0.15, 0.2) is 0 Å². The van der Waals surface area contributed by atoms with Crippen LogP contribution in [0.15, 0.2) is 53.1 Å². The van der Waals surface area contributed by atoms with Crippen molar-refractivity contribution in [2.24, 2.45) is 0 Å². The lowest BCUT2D eigenvalue weighted by molar-refractivity contribution is 0.0714. The first-order chi connectivity index (χ1) is 8.58. The zero-order chi connectivity index (χ0) is 13.0. The molecule has 1 unspecified atom stereocenters. The average Bonchev–Trinajstić information content (AvgIpc) is 2.39. The molecule has 18 heavy (non-hydrogen) atoms. The molecule has 1 aromatic carbocycles. The van der Waals surface area contributed by atoms with E-state index in [1.807, 2.05) is 42.5 Å². The number of aliphatic hydroxyl groups is 1. The molecule has 0 saturated heterocycles. The Balaban J connectivity index is 2.03. The Labute approximate surface area is 115 Å². The topological polar surface area (TPSA) is 45.1 Å². The monoisotopic (exact) mass is 306 g/mol. The first kappa shape index (κ1) is 13.1. The number of hydrogen-bond acceptors (Lipinski definition) is 3. The minimum atomic E-state index is -0.921. The molecule has 2 rings (SSSR count). The van der Waals surface area contributed by atoms with E-state index >= 15 is 0 Å². The summed E-state index contributed by atoms with van der Waals surface area (Å²) >= 11 is 3.33. The molecule has 0 aliphatic rings. The lowest BCUT2D eigenvalue weighted by Gasteiger charge is -2.24. The Morgan fingerprint density at radius 2 is 1.94 bits per heavy atom. The summed E-state index contributed by atoms with van der Waals surface area (Å²) in [7, 11) is 0. The molecular formula is C14H15BrN2O. The predicted octanol–water partition coefficient (Wildman–Crippen LogP) is 3.16. The van der Waals surface area contributed by atoms with E-state index in [1.54, 1.807) is 13.1 Å². The van der Waals surface area contributed by atoms with Crippen LogP contribution in [0.25, 0.3) is 0 Å². The second-order valence-corrected chi connectivity index (χ2v) is 5.27. The number of pyridine rings is 1. The SMILES string of the molecule is CC(O)(CNc1ccc(Br)cn1)c1ccccc1. The molecule has 94 valence electrons. The van der Waals surface area contributed by atoms with Crippen molar-refractivity contribution in [1.29, 1.82) is 0 Å². The molecule has 0 radical (unpaired) electrons. The van der Waals surface area contributed by atoms with Crippen LogP contribution in [0.5, 0.6) is 0 Å². The van der Waals surface area contributed by atoms with Crippen LogP contribution in [-0.4, -0.2) is 16.6 Å². The van der Waals surface area contributed by atoms with Crippen LogP contribution in [0.1, 0.15) is 12.5 Å². The molecule has 0 amide bonds. The summed E-state index contributed by atoms with van der Waals surface area (Å²) in [5, 5.41) is 13.5. The predicted molar refractivity (Wildman–Crippen MR) is 76.4 cm³/mol. The molecule has 0 aliphatic carbocycles. The Bertz CT molecular complexity index is 497. The quantitative estimate of drug-likeness (QED) is 0.912. The highest BCUT2D eigenvalue weighted by atomic mass is 79.9. The van der Waals surface area contributed by atoms with Crippen molar-refractivity contribution < 1.29 is 5.11 Å². The third-order valence-corrected chi connectivity index (χ3v) is 3.21. The second kappa shape index (κ2) is 5.50. The normalized spacial score (nSPS) is 13.9. The first-order valence-electron chi connectivity index (χ1n) is 5.71. The first-order valence-corrected chi connectivity index (χ1v) is 6.50. The fraction of sp³-hybridized carbons (Fsp3) is 0.214. The summed E-state index contributed by atoms with van der Waals surface area (Å²) in [6.45, 7) is 2.19. The maximum atomic E-state index is 10.4. The van der Waals surface area contributed by atoms with Gasteiger partial charge in [-0.15, -0.1) is 0 Å². The van der Waals surface area contributed by atoms with Gasteiger partial charge >= 0.3 is 0 Å². The largest absolute Gasteiger partial charge is 0.384 e. The van der Waals surface area contributed by atoms with Crippen LogP contribution >= 0.6 is 15.9 Å². The maximum Gasteiger partial charge on any atom is 0.126 e. The van der Waals surface area contributed by atoms with Gasteiger partial charge in [0.25, 0.3) is 0 Å². The molecule has 0 saturated carbocycles. The lowest BCUT2D eigenvalue weighted by atomic mass is 9.96. The van der Waals surface area contributed by atoms with E-state index in [-0.39, 0.29) is 0 Å². The summed E-state index contributed by atoms with van der Waals surface area (Å²) in [5.41, 5.74) is -0.0367. The van der Waals surface area contributed by atoms with Crippen LogP contribution in [0.3, 0.4) is 0 Å². The second-order valence-electron chi connectivity index (χ2n) is 4.36. The highest BCUT2D eigenvalue weighted by Crippen LogP contribution is 2.20. The molecule has 0 bridgehead atoms. The van der Waals surface area contributed by atoms with Gasteiger partial charge in [-0.3, -0.25) is 0 Å². The standard InChI is InChI=1S/C14H15BrN2O/c1-14(18,11-5-3-2-4-6-11)10-17-13-8-7-12(15)9-16-13/h2-9,18H,10H2,1H3,(H,16,17). The van der Waals surface area contributed by atoms with E-state index in [9.17, 15) is 5.11 Å². The minimum Gasteiger partial charge on any atom is -0.384 e. The van der Waals surface area contributed by atoms with Crippen molar-refractivity contribution >= 4 is 21.7 Å². The molecule has 1 heterocycles. The van der Waals surface area contributed by atoms with Gasteiger partial charge in [-0.2, -0.15) is 0 Å². The highest BCUT2D eigenvalue weighted by molar-refractivity contribution is 9.10. The summed E-state index contributed by atoms with van der Waals surface area (Å²) in [6.07, 6.45) is 1.72. The Morgan fingerprint density at radius 1 is 1.22 bits per heavy atom. The van der Waals surface area contributed by atoms with E-state index in [1.165, 1.54) is 0 Å². The zero-order valence-corrected chi connectivity index (χ0v) is 11.7. The molecular weight excluding hydrogens is 292 g/mol. The van der Waals surface area contributed by atoms with Gasteiger partial charge in [0.05, 0.1) is 0 Å². The molecule has 1 aromatic heterocycles. The number of halogens is 1. The number of aromatic nitrogens is 1. The minimum absolute atomic E-state index is 0.408. The summed E-state index contributed by atoms with van der Waals surface area (Å²) < 4.78 is 0.933. The van der Waals surface area contributed by atoms with E-state index in [2.05, 4.69) is 26.2 Å². The van der Waals surface area contributed by atoms with Crippen LogP contribution in [0.2, 0.25) is 0 Å². The van der Waals surface area contributed by atoms with Gasteiger partial charge in [0.1, 0.15) is 11.4 Å². The fourth-order valence-corrected chi connectivity index (χ4v) is 1.88. The van der Waals surface area contributed by atoms with Crippen molar-refractivity contribution in [2.45, 2.75) is 12.5 Å². The van der Waals surface area contributed by atoms with Gasteiger partial charge in [0.2, 0.25) is 0 Å². The van der Waals surface area contributed by atoms with Crippen LogP contribution in [0, 0.1) is 0 Å². The van der Waals surface area contributed by atoms with Gasteiger partial charge in [0, 0.05) is 17.2 Å². The van der Waals surface area contributed by atoms with Crippen molar-refractivity contribution in [2.75, 3.05) is 11.9 Å². The number of rotatable bonds is 4. The van der Waals surface area contributed by atoms with E-state index < -0.39 is 5.60 Å². The van der Waals surface area contributed by atoms with Crippen LogP contribution in [0.4, 0.5) is 5.82 Å². The average molecular weight is 307 g/mol. The molecule has 0 fully saturated rings. The third kappa shape index (κ3) is 3.31. The lowest BCUT2D eigenvalue weighted by Crippen LogP contribution is -2.30. The molecule has 0 aliphatic heterocycles. The van der Waals surface area contributed by atoms with Gasteiger partial charge in [-0.05, 0) is 40.5 Å². The Morgan fingerprint density at radius 3 is 2.56 bits per heavy atom. The summed E-state index contributed by atoms with van der Waals surface area (Å²) in [5.74, 6) is 0.745. The molecule has 0 spiro atoms. The van der Waals surface area contributed by atoms with Crippen LogP contribution in [-0.2, 0) is 5.60 Å². The number of nitrogens with one attached hydrogen (secondary N) is 1. The van der Waals surface area contributed by atoms with Crippen molar-refractivity contribution in [1.82, 2.24) is 4.98 Å². The molecule has 2 aromatic rings. The van der Waals surface area contributed by atoms with E-state index in [4.69, 9.17) is 0 Å². The maximum absolute atomic E-state index is 10.4. The van der Waals surface area contributed by atoms with Gasteiger partial charge in [-0.1, -0.05) is 30.3 Å². The Hall–Kier alpha value is -1.39. The van der Waals surface area contributed by atoms with E-state index in [0.29, 0.717) is 6.54 Å². The van der Waals surface area contributed by atoms with Gasteiger partial charge < -0.3 is 10.4 Å². The number of nitrogens with zero attached hydrogens (tertiary/aromatic N) is 1. The smallest absolute Gasteiger partial charge is 0.126 e. The number of hydrogen-bond donors (Lipinski definition) is 2. The van der Waals surface area contributed by atoms with E-state index in [0.717, 1.165) is 15.9 Å². The number of benzene rings is 1. The zero-order valence-electron chi connectivity index (χ0n) is 10.1. The Kier molecular flexibility index (Phi) is 3.99. The summed E-state index contributed by atoms with van der Waals surface area (Å²) in [6, 6.07) is 13.4. The molecule has 4 heteroatoms. The molecule has 2 N–H and O–H groups in total. The third-order valence-electron chi connectivity index (χ3n) is 2.74.